The number of aromatic nitrogens is 2. The predicted octanol–water partition coefficient (Wildman–Crippen LogP) is 2.14. The lowest BCUT2D eigenvalue weighted by Gasteiger charge is -2.34. The van der Waals surface area contributed by atoms with Crippen LogP contribution in [0.4, 0.5) is 13.6 Å². The second-order valence-corrected chi connectivity index (χ2v) is 10.3. The fourth-order valence-electron chi connectivity index (χ4n) is 4.87. The Morgan fingerprint density at radius 3 is 2.67 bits per heavy atom. The molecule has 45 heavy (non-hydrogen) atoms. The lowest BCUT2D eigenvalue weighted by Crippen LogP contribution is -2.49. The molecule has 1 aromatic carbocycles. The van der Waals surface area contributed by atoms with E-state index in [1.807, 2.05) is 0 Å². The summed E-state index contributed by atoms with van der Waals surface area (Å²) in [5, 5.41) is 12.1. The van der Waals surface area contributed by atoms with Crippen LogP contribution in [0.25, 0.3) is 0 Å². The summed E-state index contributed by atoms with van der Waals surface area (Å²) in [6.45, 7) is 1.63. The first-order valence-corrected chi connectivity index (χ1v) is 13.5. The van der Waals surface area contributed by atoms with Crippen molar-refractivity contribution < 1.29 is 52.0 Å². The molecule has 3 aromatic rings. The van der Waals surface area contributed by atoms with E-state index in [0.717, 1.165) is 25.3 Å². The maximum Gasteiger partial charge on any atom is 0.512 e. The quantitative estimate of drug-likeness (QED) is 0.262. The summed E-state index contributed by atoms with van der Waals surface area (Å²) in [6.07, 6.45) is 0.231. The number of benzene rings is 1. The van der Waals surface area contributed by atoms with Gasteiger partial charge in [-0.15, -0.1) is 0 Å². The van der Waals surface area contributed by atoms with Gasteiger partial charge in [0.15, 0.2) is 11.9 Å². The third kappa shape index (κ3) is 6.04. The topological polar surface area (TPSA) is 176 Å². The second-order valence-electron chi connectivity index (χ2n) is 10.3. The minimum atomic E-state index is -2.24. The molecule has 1 unspecified atom stereocenters. The first kappa shape index (κ1) is 31.1. The molecule has 5 rings (SSSR count). The number of aliphatic carboxylic acids is 1. The molecular weight excluding hydrogens is 602 g/mol. The molecule has 2 aliphatic rings. The average molecular weight is 629 g/mol. The molecule has 2 aliphatic heterocycles. The highest BCUT2D eigenvalue weighted by atomic mass is 19.1. The molecule has 3 atom stereocenters. The number of pyridine rings is 2. The molecule has 2 amide bonds. The maximum atomic E-state index is 14.1. The molecule has 0 saturated carbocycles. The normalized spacial score (nSPS) is 18.3. The van der Waals surface area contributed by atoms with Crippen molar-refractivity contribution in [2.45, 2.75) is 44.8 Å². The van der Waals surface area contributed by atoms with Crippen molar-refractivity contribution in [3.05, 3.63) is 93.2 Å². The lowest BCUT2D eigenvalue weighted by molar-refractivity contribution is -0.162. The number of amides is 2. The minimum absolute atomic E-state index is 0.0128. The molecule has 0 bridgehead atoms. The van der Waals surface area contributed by atoms with Crippen molar-refractivity contribution in [2.24, 2.45) is 0 Å². The van der Waals surface area contributed by atoms with Crippen LogP contribution in [-0.4, -0.2) is 69.2 Å². The average Bonchev–Trinajstić information content (AvgIpc) is 3.38. The Hall–Kier alpha value is -5.38. The molecule has 0 radical (unpaired) electrons. The zero-order valence-electron chi connectivity index (χ0n) is 23.8. The Kier molecular flexibility index (Phi) is 8.50. The van der Waals surface area contributed by atoms with Crippen LogP contribution in [0.1, 0.15) is 46.0 Å². The summed E-state index contributed by atoms with van der Waals surface area (Å²) in [6, 6.07) is 6.78. The molecule has 2 aromatic heterocycles. The van der Waals surface area contributed by atoms with Gasteiger partial charge in [0, 0.05) is 30.6 Å². The van der Waals surface area contributed by atoms with Crippen LogP contribution in [0.3, 0.4) is 0 Å². The van der Waals surface area contributed by atoms with E-state index in [4.69, 9.17) is 18.9 Å². The summed E-state index contributed by atoms with van der Waals surface area (Å²) in [5.74, 6) is -5.53. The summed E-state index contributed by atoms with van der Waals surface area (Å²) in [4.78, 5) is 69.8. The Labute approximate surface area is 253 Å². The summed E-state index contributed by atoms with van der Waals surface area (Å²) in [5.41, 5.74) is -4.21. The van der Waals surface area contributed by atoms with Crippen LogP contribution in [0, 0.1) is 11.6 Å². The molecule has 4 heterocycles. The third-order valence-electron chi connectivity index (χ3n) is 7.27. The van der Waals surface area contributed by atoms with Crippen LogP contribution < -0.4 is 15.5 Å². The van der Waals surface area contributed by atoms with Gasteiger partial charge in [0.2, 0.25) is 18.0 Å². The minimum Gasteiger partial charge on any atom is -0.478 e. The van der Waals surface area contributed by atoms with Crippen molar-refractivity contribution in [1.82, 2.24) is 19.8 Å². The number of carbonyl (C=O) groups excluding carboxylic acids is 3. The molecule has 2 N–H and O–H groups in total. The zero-order valence-corrected chi connectivity index (χ0v) is 23.8. The number of carboxylic acids is 1. The van der Waals surface area contributed by atoms with E-state index < -0.39 is 77.5 Å². The number of halogens is 2. The summed E-state index contributed by atoms with van der Waals surface area (Å²) >= 11 is 0. The van der Waals surface area contributed by atoms with Crippen molar-refractivity contribution >= 4 is 23.9 Å². The van der Waals surface area contributed by atoms with Crippen LogP contribution in [0.2, 0.25) is 0 Å². The lowest BCUT2D eigenvalue weighted by atomic mass is 10.0. The van der Waals surface area contributed by atoms with E-state index in [9.17, 15) is 37.9 Å². The number of hydrogen-bond acceptors (Lipinski definition) is 10. The van der Waals surface area contributed by atoms with Crippen LogP contribution in [0.15, 0.2) is 53.6 Å². The number of ether oxygens (including phenoxy) is 4. The van der Waals surface area contributed by atoms with Gasteiger partial charge in [0.05, 0.1) is 24.9 Å². The van der Waals surface area contributed by atoms with Gasteiger partial charge in [-0.2, -0.15) is 0 Å². The monoisotopic (exact) mass is 628 g/mol. The Balaban J connectivity index is 1.39. The van der Waals surface area contributed by atoms with Gasteiger partial charge >= 0.3 is 12.1 Å². The van der Waals surface area contributed by atoms with E-state index in [0.29, 0.717) is 6.07 Å². The first-order valence-electron chi connectivity index (χ1n) is 13.5. The smallest absolute Gasteiger partial charge is 0.478 e. The molecule has 0 aliphatic carbocycles. The van der Waals surface area contributed by atoms with Gasteiger partial charge in [-0.3, -0.25) is 19.4 Å². The molecule has 0 spiro atoms. The van der Waals surface area contributed by atoms with Crippen LogP contribution in [0.5, 0.6) is 5.75 Å². The summed E-state index contributed by atoms with van der Waals surface area (Å²) in [7, 11) is 0. The number of carboxylic acid groups (broad SMARTS) is 1. The van der Waals surface area contributed by atoms with Crippen LogP contribution in [-0.2, 0) is 37.7 Å². The van der Waals surface area contributed by atoms with E-state index in [1.165, 1.54) is 33.9 Å². The Bertz CT molecular complexity index is 1730. The van der Waals surface area contributed by atoms with Crippen molar-refractivity contribution in [2.75, 3.05) is 13.4 Å². The molecular formula is C29H26F2N4O10. The standard InChI is InChI=1S/C29H26F2N4O10/c1-15-13-42-21-12-34-11-18(25(37)33-10-16-6-7-17(30)9-19(16)31)23(36)24(22(34)26(38)35(15)21)43-14-44-28(41)45-29(2,27(39)40)20-5-3-4-8-32-20/h3-9,11,15,21H,10,12-14H2,1-2H3,(H,33,37)(H,39,40)/t15-,21+,29?/m0/s1. The Morgan fingerprint density at radius 1 is 1.20 bits per heavy atom. The number of carbonyl (C=O) groups is 4. The van der Waals surface area contributed by atoms with Gasteiger partial charge < -0.3 is 38.8 Å². The zero-order chi connectivity index (χ0) is 32.5. The second kappa shape index (κ2) is 12.3. The summed E-state index contributed by atoms with van der Waals surface area (Å²) < 4.78 is 49.7. The number of nitrogens with zero attached hydrogens (tertiary/aromatic N) is 3. The van der Waals surface area contributed by atoms with Gasteiger partial charge in [-0.25, -0.2) is 18.4 Å². The molecule has 236 valence electrons. The van der Waals surface area contributed by atoms with Gasteiger partial charge in [0.1, 0.15) is 17.2 Å². The fraction of sp³-hybridized carbons (Fsp3) is 0.310. The highest BCUT2D eigenvalue weighted by Crippen LogP contribution is 2.30. The van der Waals surface area contributed by atoms with Crippen molar-refractivity contribution in [3.63, 3.8) is 0 Å². The maximum absolute atomic E-state index is 14.1. The molecule has 1 saturated heterocycles. The Morgan fingerprint density at radius 2 is 1.98 bits per heavy atom. The van der Waals surface area contributed by atoms with Crippen molar-refractivity contribution in [1.29, 1.82) is 0 Å². The van der Waals surface area contributed by atoms with Crippen molar-refractivity contribution in [3.8, 4) is 5.75 Å². The van der Waals surface area contributed by atoms with E-state index in [2.05, 4.69) is 10.3 Å². The number of rotatable bonds is 9. The van der Waals surface area contributed by atoms with Crippen LogP contribution >= 0.6 is 0 Å². The first-order chi connectivity index (χ1) is 21.4. The number of nitrogens with one attached hydrogen (secondary N) is 1. The number of fused-ring (bicyclic) bond motifs is 2. The third-order valence-corrected chi connectivity index (χ3v) is 7.27. The van der Waals surface area contributed by atoms with Gasteiger partial charge in [0.25, 0.3) is 17.4 Å². The highest BCUT2D eigenvalue weighted by molar-refractivity contribution is 5.99. The number of hydrogen-bond donors (Lipinski definition) is 2. The van der Waals surface area contributed by atoms with Gasteiger partial charge in [-0.1, -0.05) is 12.1 Å². The van der Waals surface area contributed by atoms with E-state index in [-0.39, 0.29) is 36.1 Å². The largest absolute Gasteiger partial charge is 0.512 e. The molecule has 16 heteroatoms. The van der Waals surface area contributed by atoms with E-state index >= 15 is 0 Å². The molecule has 1 fully saturated rings. The fourth-order valence-corrected chi connectivity index (χ4v) is 4.87. The molecule has 14 nitrogen and oxygen atoms in total. The SMILES string of the molecule is C[C@H]1CO[C@@H]2Cn3cc(C(=O)NCc4ccc(F)cc4F)c(=O)c(OCOC(=O)OC(C)(C(=O)O)c4ccccn4)c3C(=O)N12. The van der Waals surface area contributed by atoms with Gasteiger partial charge in [-0.05, 0) is 32.0 Å². The predicted molar refractivity (Wildman–Crippen MR) is 146 cm³/mol. The highest BCUT2D eigenvalue weighted by Gasteiger charge is 2.44. The van der Waals surface area contributed by atoms with E-state index in [1.54, 1.807) is 6.92 Å².